The van der Waals surface area contributed by atoms with Crippen molar-refractivity contribution in [3.05, 3.63) is 60.1 Å². The lowest BCUT2D eigenvalue weighted by atomic mass is 10.1. The van der Waals surface area contributed by atoms with Crippen LogP contribution in [0.2, 0.25) is 0 Å². The van der Waals surface area contributed by atoms with Gasteiger partial charge in [-0.1, -0.05) is 30.3 Å². The molecule has 2 N–H and O–H groups in total. The average Bonchev–Trinajstić information content (AvgIpc) is 3.26. The Morgan fingerprint density at radius 2 is 2.08 bits per heavy atom. The van der Waals surface area contributed by atoms with E-state index in [1.165, 1.54) is 6.26 Å². The van der Waals surface area contributed by atoms with Gasteiger partial charge in [0.1, 0.15) is 17.9 Å². The molecule has 1 aromatic carbocycles. The fraction of sp³-hybridized carbons (Fsp3) is 0.333. The normalized spacial score (nSPS) is 18.2. The Morgan fingerprint density at radius 3 is 2.71 bits per heavy atom. The molecule has 1 saturated heterocycles. The number of nitrogens with one attached hydrogen (secondary N) is 1. The number of aliphatic hydroxyl groups is 1. The van der Waals surface area contributed by atoms with Crippen LogP contribution in [0, 0.1) is 0 Å². The third-order valence-corrected chi connectivity index (χ3v) is 4.09. The quantitative estimate of drug-likeness (QED) is 0.844. The van der Waals surface area contributed by atoms with E-state index >= 15 is 0 Å². The molecule has 0 spiro atoms. The van der Waals surface area contributed by atoms with Crippen LogP contribution >= 0.6 is 0 Å². The zero-order valence-corrected chi connectivity index (χ0v) is 13.2. The van der Waals surface area contributed by atoms with Crippen molar-refractivity contribution in [3.8, 4) is 0 Å². The second-order valence-electron chi connectivity index (χ2n) is 5.89. The highest BCUT2D eigenvalue weighted by Gasteiger charge is 2.32. The van der Waals surface area contributed by atoms with E-state index in [9.17, 15) is 14.7 Å². The number of nitrogens with zero attached hydrogens (tertiary/aromatic N) is 1. The minimum absolute atomic E-state index is 0.105. The molecule has 3 rings (SSSR count). The summed E-state index contributed by atoms with van der Waals surface area (Å²) < 4.78 is 5.21. The van der Waals surface area contributed by atoms with E-state index in [-0.39, 0.29) is 18.4 Å². The number of furan rings is 1. The van der Waals surface area contributed by atoms with Gasteiger partial charge in [-0.05, 0) is 24.1 Å². The van der Waals surface area contributed by atoms with Gasteiger partial charge < -0.3 is 19.7 Å². The summed E-state index contributed by atoms with van der Waals surface area (Å²) >= 11 is 0. The zero-order chi connectivity index (χ0) is 16.9. The maximum absolute atomic E-state index is 12.8. The number of carbonyl (C=O) groups excluding carboxylic acids is 2. The molecule has 6 heteroatoms. The van der Waals surface area contributed by atoms with Crippen molar-refractivity contribution in [2.45, 2.75) is 31.5 Å². The first kappa shape index (κ1) is 16.3. The standard InChI is InChI=1S/C18H20N2O4/c21-15(16-7-4-10-24-16)12-20(11-13-5-2-1-3-6-13)18(23)14-8-9-17(22)19-14/h1-7,10,14-15,21H,8-9,11-12H2,(H,19,22)/t14-,15?/m1/s1. The van der Waals surface area contributed by atoms with Crippen LogP contribution in [-0.2, 0) is 16.1 Å². The molecule has 1 aliphatic heterocycles. The molecule has 2 amide bonds. The van der Waals surface area contributed by atoms with Gasteiger partial charge in [-0.25, -0.2) is 0 Å². The van der Waals surface area contributed by atoms with Crippen LogP contribution in [0.5, 0.6) is 0 Å². The van der Waals surface area contributed by atoms with Crippen molar-refractivity contribution in [1.82, 2.24) is 10.2 Å². The summed E-state index contributed by atoms with van der Waals surface area (Å²) in [5.74, 6) is 0.117. The van der Waals surface area contributed by atoms with Crippen molar-refractivity contribution >= 4 is 11.8 Å². The molecule has 0 saturated carbocycles. The Bertz CT molecular complexity index is 684. The van der Waals surface area contributed by atoms with Crippen LogP contribution in [0.3, 0.4) is 0 Å². The Balaban J connectivity index is 1.75. The second kappa shape index (κ2) is 7.31. The van der Waals surface area contributed by atoms with Crippen LogP contribution in [0.15, 0.2) is 53.1 Å². The monoisotopic (exact) mass is 328 g/mol. The fourth-order valence-electron chi connectivity index (χ4n) is 2.84. The van der Waals surface area contributed by atoms with E-state index in [2.05, 4.69) is 5.32 Å². The average molecular weight is 328 g/mol. The van der Waals surface area contributed by atoms with Crippen LogP contribution < -0.4 is 5.32 Å². The summed E-state index contributed by atoms with van der Waals surface area (Å²) in [7, 11) is 0. The first-order chi connectivity index (χ1) is 11.6. The molecule has 0 aliphatic carbocycles. The first-order valence-electron chi connectivity index (χ1n) is 7.97. The summed E-state index contributed by atoms with van der Waals surface area (Å²) in [4.78, 5) is 25.7. The van der Waals surface area contributed by atoms with Crippen molar-refractivity contribution in [3.63, 3.8) is 0 Å². The molecule has 1 unspecified atom stereocenters. The number of aliphatic hydroxyl groups excluding tert-OH is 1. The summed E-state index contributed by atoms with van der Waals surface area (Å²) in [5, 5.41) is 13.0. The Kier molecular flexibility index (Phi) is 4.96. The van der Waals surface area contributed by atoms with Gasteiger partial charge in [0.25, 0.3) is 0 Å². The van der Waals surface area contributed by atoms with Crippen LogP contribution in [0.25, 0.3) is 0 Å². The number of hydrogen-bond donors (Lipinski definition) is 2. The fourth-order valence-corrected chi connectivity index (χ4v) is 2.84. The third-order valence-electron chi connectivity index (χ3n) is 4.09. The van der Waals surface area contributed by atoms with Crippen molar-refractivity contribution in [1.29, 1.82) is 0 Å². The molecule has 126 valence electrons. The van der Waals surface area contributed by atoms with E-state index in [0.717, 1.165) is 5.56 Å². The van der Waals surface area contributed by atoms with Crippen molar-refractivity contribution < 1.29 is 19.1 Å². The minimum Gasteiger partial charge on any atom is -0.467 e. The lowest BCUT2D eigenvalue weighted by Gasteiger charge is -2.27. The van der Waals surface area contributed by atoms with Gasteiger partial charge in [0, 0.05) is 13.0 Å². The predicted octanol–water partition coefficient (Wildman–Crippen LogP) is 1.62. The second-order valence-corrected chi connectivity index (χ2v) is 5.89. The minimum atomic E-state index is -0.912. The number of hydrogen-bond acceptors (Lipinski definition) is 4. The van der Waals surface area contributed by atoms with Gasteiger partial charge in [-0.15, -0.1) is 0 Å². The zero-order valence-electron chi connectivity index (χ0n) is 13.2. The molecular formula is C18H20N2O4. The molecule has 24 heavy (non-hydrogen) atoms. The van der Waals surface area contributed by atoms with Gasteiger partial charge in [-0.3, -0.25) is 9.59 Å². The lowest BCUT2D eigenvalue weighted by molar-refractivity contribution is -0.136. The van der Waals surface area contributed by atoms with Crippen LogP contribution in [0.1, 0.15) is 30.3 Å². The maximum atomic E-state index is 12.8. The number of amides is 2. The molecule has 1 fully saturated rings. The van der Waals surface area contributed by atoms with E-state index in [1.807, 2.05) is 30.3 Å². The molecule has 6 nitrogen and oxygen atoms in total. The molecular weight excluding hydrogens is 308 g/mol. The molecule has 0 radical (unpaired) electrons. The largest absolute Gasteiger partial charge is 0.467 e. The molecule has 2 heterocycles. The van der Waals surface area contributed by atoms with Crippen LogP contribution in [-0.4, -0.2) is 34.4 Å². The maximum Gasteiger partial charge on any atom is 0.245 e. The smallest absolute Gasteiger partial charge is 0.245 e. The van der Waals surface area contributed by atoms with Crippen molar-refractivity contribution in [2.75, 3.05) is 6.54 Å². The van der Waals surface area contributed by atoms with Gasteiger partial charge in [0.2, 0.25) is 11.8 Å². The summed E-state index contributed by atoms with van der Waals surface area (Å²) in [6.45, 7) is 0.470. The number of carbonyl (C=O) groups is 2. The van der Waals surface area contributed by atoms with Crippen LogP contribution in [0.4, 0.5) is 0 Å². The summed E-state index contributed by atoms with van der Waals surface area (Å²) in [6.07, 6.45) is 1.42. The Hall–Kier alpha value is -2.60. The van der Waals surface area contributed by atoms with E-state index in [4.69, 9.17) is 4.42 Å². The summed E-state index contributed by atoms with van der Waals surface area (Å²) in [6, 6.07) is 12.4. The third kappa shape index (κ3) is 3.83. The summed E-state index contributed by atoms with van der Waals surface area (Å²) in [5.41, 5.74) is 0.960. The van der Waals surface area contributed by atoms with Crippen molar-refractivity contribution in [2.24, 2.45) is 0 Å². The highest BCUT2D eigenvalue weighted by Crippen LogP contribution is 2.19. The molecule has 1 aliphatic rings. The topological polar surface area (TPSA) is 82.8 Å². The molecule has 1 aromatic heterocycles. The highest BCUT2D eigenvalue weighted by atomic mass is 16.4. The molecule has 2 atom stereocenters. The number of rotatable bonds is 6. The lowest BCUT2D eigenvalue weighted by Crippen LogP contribution is -2.45. The molecule has 0 bridgehead atoms. The van der Waals surface area contributed by atoms with Gasteiger partial charge in [0.15, 0.2) is 0 Å². The van der Waals surface area contributed by atoms with Gasteiger partial charge in [-0.2, -0.15) is 0 Å². The van der Waals surface area contributed by atoms with E-state index in [0.29, 0.717) is 25.1 Å². The molecule has 2 aromatic rings. The number of benzene rings is 1. The first-order valence-corrected chi connectivity index (χ1v) is 7.97. The van der Waals surface area contributed by atoms with E-state index < -0.39 is 12.1 Å². The van der Waals surface area contributed by atoms with E-state index in [1.54, 1.807) is 17.0 Å². The Labute approximate surface area is 140 Å². The highest BCUT2D eigenvalue weighted by molar-refractivity contribution is 5.90. The Morgan fingerprint density at radius 1 is 1.29 bits per heavy atom. The van der Waals surface area contributed by atoms with Gasteiger partial charge >= 0.3 is 0 Å². The van der Waals surface area contributed by atoms with Gasteiger partial charge in [0.05, 0.1) is 12.8 Å². The predicted molar refractivity (Wildman–Crippen MR) is 86.7 cm³/mol. The SMILES string of the molecule is O=C1CC[C@H](C(=O)N(Cc2ccccc2)CC(O)c2ccco2)N1.